The first-order chi connectivity index (χ1) is 10.7. The van der Waals surface area contributed by atoms with Gasteiger partial charge in [0.25, 0.3) is 5.56 Å². The maximum absolute atomic E-state index is 12.7. The van der Waals surface area contributed by atoms with Crippen LogP contribution in [-0.4, -0.2) is 16.7 Å². The van der Waals surface area contributed by atoms with Crippen LogP contribution in [0, 0.1) is 19.3 Å². The van der Waals surface area contributed by atoms with Crippen molar-refractivity contribution in [3.63, 3.8) is 0 Å². The summed E-state index contributed by atoms with van der Waals surface area (Å²) in [5.41, 5.74) is 1.75. The molecule has 0 N–H and O–H groups in total. The van der Waals surface area contributed by atoms with Gasteiger partial charge in [0.1, 0.15) is 16.4 Å². The van der Waals surface area contributed by atoms with Crippen LogP contribution in [0.25, 0.3) is 21.3 Å². The number of rotatable bonds is 3. The Balaban J connectivity index is 2.25. The first-order valence-electron chi connectivity index (χ1n) is 6.72. The number of methoxy groups -OCH3 is 1. The van der Waals surface area contributed by atoms with Crippen molar-refractivity contribution in [3.8, 4) is 29.2 Å². The predicted molar refractivity (Wildman–Crippen MR) is 89.4 cm³/mol. The SMILES string of the molecule is C#CCn1c(C)nc2scc(-c3ccc(OC)cc3)c2c1=O. The van der Waals surface area contributed by atoms with Gasteiger partial charge in [-0.15, -0.1) is 17.8 Å². The number of thiophene rings is 1. The minimum atomic E-state index is -0.0903. The lowest BCUT2D eigenvalue weighted by Crippen LogP contribution is -2.23. The molecule has 22 heavy (non-hydrogen) atoms. The fourth-order valence-electron chi connectivity index (χ4n) is 2.39. The number of ether oxygens (including phenoxy) is 1. The van der Waals surface area contributed by atoms with Gasteiger partial charge in [-0.25, -0.2) is 4.98 Å². The zero-order valence-corrected chi connectivity index (χ0v) is 13.1. The molecule has 5 heteroatoms. The molecule has 0 aliphatic carbocycles. The number of hydrogen-bond donors (Lipinski definition) is 0. The van der Waals surface area contributed by atoms with E-state index in [1.54, 1.807) is 14.0 Å². The molecule has 1 aromatic carbocycles. The summed E-state index contributed by atoms with van der Waals surface area (Å²) in [6, 6.07) is 7.62. The van der Waals surface area contributed by atoms with Gasteiger partial charge in [-0.2, -0.15) is 0 Å². The molecule has 0 saturated heterocycles. The van der Waals surface area contributed by atoms with E-state index in [0.717, 1.165) is 21.7 Å². The number of aromatic nitrogens is 2. The third kappa shape index (κ3) is 2.28. The monoisotopic (exact) mass is 310 g/mol. The number of aryl methyl sites for hydroxylation is 1. The molecule has 0 bridgehead atoms. The van der Waals surface area contributed by atoms with Crippen LogP contribution in [0.4, 0.5) is 0 Å². The molecular weight excluding hydrogens is 296 g/mol. The van der Waals surface area contributed by atoms with Crippen molar-refractivity contribution < 1.29 is 4.74 Å². The summed E-state index contributed by atoms with van der Waals surface area (Å²) in [7, 11) is 1.63. The second-order valence-electron chi connectivity index (χ2n) is 4.81. The summed E-state index contributed by atoms with van der Waals surface area (Å²) in [6.45, 7) is 2.02. The Kier molecular flexibility index (Phi) is 3.70. The van der Waals surface area contributed by atoms with Crippen molar-refractivity contribution >= 4 is 21.6 Å². The summed E-state index contributed by atoms with van der Waals surface area (Å²) in [6.07, 6.45) is 5.35. The van der Waals surface area contributed by atoms with Gasteiger partial charge in [-0.1, -0.05) is 18.1 Å². The van der Waals surface area contributed by atoms with E-state index >= 15 is 0 Å². The van der Waals surface area contributed by atoms with Crippen LogP contribution in [0.1, 0.15) is 5.82 Å². The Morgan fingerprint density at radius 1 is 1.36 bits per heavy atom. The highest BCUT2D eigenvalue weighted by Gasteiger charge is 2.15. The van der Waals surface area contributed by atoms with Crippen molar-refractivity contribution in [2.45, 2.75) is 13.5 Å². The number of fused-ring (bicyclic) bond motifs is 1. The second kappa shape index (κ2) is 5.66. The van der Waals surface area contributed by atoms with Crippen molar-refractivity contribution in [2.24, 2.45) is 0 Å². The van der Waals surface area contributed by atoms with Crippen LogP contribution in [0.5, 0.6) is 5.75 Å². The lowest BCUT2D eigenvalue weighted by Gasteiger charge is -2.07. The lowest BCUT2D eigenvalue weighted by atomic mass is 10.1. The summed E-state index contributed by atoms with van der Waals surface area (Å²) in [5, 5.41) is 2.58. The molecule has 0 radical (unpaired) electrons. The summed E-state index contributed by atoms with van der Waals surface area (Å²) in [5.74, 6) is 3.92. The van der Waals surface area contributed by atoms with Gasteiger partial charge in [0.2, 0.25) is 0 Å². The largest absolute Gasteiger partial charge is 0.497 e. The van der Waals surface area contributed by atoms with E-state index in [-0.39, 0.29) is 12.1 Å². The fraction of sp³-hybridized carbons (Fsp3) is 0.176. The lowest BCUT2D eigenvalue weighted by molar-refractivity contribution is 0.415. The van der Waals surface area contributed by atoms with Gasteiger partial charge >= 0.3 is 0 Å². The first kappa shape index (κ1) is 14.4. The molecule has 0 aliphatic heterocycles. The Hall–Kier alpha value is -2.58. The molecule has 0 atom stereocenters. The summed E-state index contributed by atoms with van der Waals surface area (Å²) < 4.78 is 6.70. The zero-order valence-electron chi connectivity index (χ0n) is 12.3. The number of hydrogen-bond acceptors (Lipinski definition) is 4. The van der Waals surface area contributed by atoms with Gasteiger partial charge in [0, 0.05) is 10.9 Å². The molecular formula is C17H14N2O2S. The number of nitrogens with zero attached hydrogens (tertiary/aromatic N) is 2. The Bertz CT molecular complexity index is 930. The normalized spacial score (nSPS) is 10.6. The minimum Gasteiger partial charge on any atom is -0.497 e. The fourth-order valence-corrected chi connectivity index (χ4v) is 3.37. The van der Waals surface area contributed by atoms with E-state index in [4.69, 9.17) is 11.2 Å². The van der Waals surface area contributed by atoms with Crippen molar-refractivity contribution in [1.29, 1.82) is 0 Å². The third-order valence-corrected chi connectivity index (χ3v) is 4.41. The highest BCUT2D eigenvalue weighted by atomic mass is 32.1. The molecule has 0 unspecified atom stereocenters. The van der Waals surface area contributed by atoms with Gasteiger partial charge < -0.3 is 4.74 Å². The smallest absolute Gasteiger partial charge is 0.263 e. The standard InChI is InChI=1S/C17H14N2O2S/c1-4-9-19-11(2)18-16-15(17(19)20)14(10-22-16)12-5-7-13(21-3)8-6-12/h1,5-8,10H,9H2,2-3H3. The van der Waals surface area contributed by atoms with Crippen LogP contribution in [0.2, 0.25) is 0 Å². The van der Waals surface area contributed by atoms with Crippen LogP contribution in [0.15, 0.2) is 34.4 Å². The van der Waals surface area contributed by atoms with E-state index in [2.05, 4.69) is 10.9 Å². The first-order valence-corrected chi connectivity index (χ1v) is 7.60. The second-order valence-corrected chi connectivity index (χ2v) is 5.67. The van der Waals surface area contributed by atoms with Crippen LogP contribution in [-0.2, 0) is 6.54 Å². The Morgan fingerprint density at radius 2 is 2.09 bits per heavy atom. The van der Waals surface area contributed by atoms with Crippen molar-refractivity contribution in [3.05, 3.63) is 45.8 Å². The molecule has 2 heterocycles. The molecule has 110 valence electrons. The average Bonchev–Trinajstić information content (AvgIpc) is 2.95. The van der Waals surface area contributed by atoms with Crippen LogP contribution >= 0.6 is 11.3 Å². The van der Waals surface area contributed by atoms with Gasteiger partial charge in [-0.05, 0) is 24.6 Å². The van der Waals surface area contributed by atoms with Crippen LogP contribution in [0.3, 0.4) is 0 Å². The molecule has 0 fully saturated rings. The summed E-state index contributed by atoms with van der Waals surface area (Å²) >= 11 is 1.47. The van der Waals surface area contributed by atoms with Crippen molar-refractivity contribution in [1.82, 2.24) is 9.55 Å². The highest BCUT2D eigenvalue weighted by molar-refractivity contribution is 7.17. The zero-order chi connectivity index (χ0) is 15.7. The van der Waals surface area contributed by atoms with E-state index in [1.165, 1.54) is 15.9 Å². The molecule has 0 spiro atoms. The van der Waals surface area contributed by atoms with E-state index < -0.39 is 0 Å². The molecule has 0 amide bonds. The number of benzene rings is 1. The highest BCUT2D eigenvalue weighted by Crippen LogP contribution is 2.31. The molecule has 2 aromatic heterocycles. The quantitative estimate of drug-likeness (QED) is 0.698. The van der Waals surface area contributed by atoms with E-state index in [0.29, 0.717) is 11.2 Å². The minimum absolute atomic E-state index is 0.0903. The number of terminal acetylenes is 1. The Labute approximate surface area is 132 Å². The molecule has 4 nitrogen and oxygen atoms in total. The maximum Gasteiger partial charge on any atom is 0.263 e. The van der Waals surface area contributed by atoms with Crippen molar-refractivity contribution in [2.75, 3.05) is 7.11 Å². The van der Waals surface area contributed by atoms with E-state index in [1.807, 2.05) is 29.6 Å². The Morgan fingerprint density at radius 3 is 2.73 bits per heavy atom. The van der Waals surface area contributed by atoms with Gasteiger partial charge in [-0.3, -0.25) is 9.36 Å². The topological polar surface area (TPSA) is 44.1 Å². The van der Waals surface area contributed by atoms with Crippen LogP contribution < -0.4 is 10.3 Å². The third-order valence-electron chi connectivity index (χ3n) is 3.54. The summed E-state index contributed by atoms with van der Waals surface area (Å²) in [4.78, 5) is 18.0. The van der Waals surface area contributed by atoms with E-state index in [9.17, 15) is 4.79 Å². The predicted octanol–water partition coefficient (Wildman–Crippen LogP) is 3.08. The molecule has 0 aliphatic rings. The molecule has 3 aromatic rings. The molecule has 3 rings (SSSR count). The van der Waals surface area contributed by atoms with Gasteiger partial charge in [0.15, 0.2) is 0 Å². The average molecular weight is 310 g/mol. The molecule has 0 saturated carbocycles. The van der Waals surface area contributed by atoms with Gasteiger partial charge in [0.05, 0.1) is 19.0 Å². The maximum atomic E-state index is 12.7.